The second-order valence-electron chi connectivity index (χ2n) is 4.58. The van der Waals surface area contributed by atoms with Crippen molar-refractivity contribution in [2.45, 2.75) is 51.9 Å². The summed E-state index contributed by atoms with van der Waals surface area (Å²) in [7, 11) is 1.62. The summed E-state index contributed by atoms with van der Waals surface area (Å²) in [5, 5.41) is 12.2. The monoisotopic (exact) mass is 247 g/mol. The van der Waals surface area contributed by atoms with Gasteiger partial charge in [-0.25, -0.2) is 0 Å². The molecule has 0 aliphatic rings. The lowest BCUT2D eigenvalue weighted by Crippen LogP contribution is -2.51. The molecule has 0 aromatic carbocycles. The molecule has 5 nitrogen and oxygen atoms in total. The van der Waals surface area contributed by atoms with Gasteiger partial charge in [-0.15, -0.1) is 0 Å². The lowest BCUT2D eigenvalue weighted by atomic mass is 9.95. The van der Waals surface area contributed by atoms with E-state index in [1.54, 1.807) is 14.0 Å². The van der Waals surface area contributed by atoms with Crippen LogP contribution < -0.4 is 5.32 Å². The van der Waals surface area contributed by atoms with Crippen molar-refractivity contribution in [2.75, 3.05) is 20.3 Å². The molecule has 2 N–H and O–H groups in total. The Morgan fingerprint density at radius 3 is 2.41 bits per heavy atom. The SMILES string of the molecule is CCNC(C)(CC(C)OC(C)COC)C(=O)O. The zero-order chi connectivity index (χ0) is 13.5. The lowest BCUT2D eigenvalue weighted by molar-refractivity contribution is -0.146. The Morgan fingerprint density at radius 2 is 2.00 bits per heavy atom. The maximum Gasteiger partial charge on any atom is 0.323 e. The van der Waals surface area contributed by atoms with Gasteiger partial charge in [0.15, 0.2) is 0 Å². The van der Waals surface area contributed by atoms with Crippen molar-refractivity contribution in [1.82, 2.24) is 5.32 Å². The number of likely N-dealkylation sites (N-methyl/N-ethyl adjacent to an activating group) is 1. The number of rotatable bonds is 9. The molecule has 0 saturated heterocycles. The van der Waals surface area contributed by atoms with Crippen LogP contribution >= 0.6 is 0 Å². The molecule has 0 saturated carbocycles. The summed E-state index contributed by atoms with van der Waals surface area (Å²) in [4.78, 5) is 11.2. The van der Waals surface area contributed by atoms with Crippen LogP contribution in [-0.4, -0.2) is 49.1 Å². The molecule has 3 unspecified atom stereocenters. The minimum atomic E-state index is -0.943. The van der Waals surface area contributed by atoms with Crippen molar-refractivity contribution >= 4 is 5.97 Å². The quantitative estimate of drug-likeness (QED) is 0.642. The molecule has 0 aromatic heterocycles. The van der Waals surface area contributed by atoms with Crippen molar-refractivity contribution in [3.63, 3.8) is 0 Å². The highest BCUT2D eigenvalue weighted by Gasteiger charge is 2.34. The van der Waals surface area contributed by atoms with Gasteiger partial charge in [-0.05, 0) is 27.3 Å². The van der Waals surface area contributed by atoms with E-state index in [-0.39, 0.29) is 12.2 Å². The van der Waals surface area contributed by atoms with Gasteiger partial charge < -0.3 is 19.9 Å². The third-order valence-electron chi connectivity index (χ3n) is 2.60. The van der Waals surface area contributed by atoms with Crippen molar-refractivity contribution in [2.24, 2.45) is 0 Å². The predicted molar refractivity (Wildman–Crippen MR) is 66.2 cm³/mol. The Labute approximate surface area is 103 Å². The van der Waals surface area contributed by atoms with Gasteiger partial charge in [-0.1, -0.05) is 6.92 Å². The number of ether oxygens (including phenoxy) is 2. The molecule has 0 aliphatic carbocycles. The van der Waals surface area contributed by atoms with Crippen LogP contribution in [0.4, 0.5) is 0 Å². The highest BCUT2D eigenvalue weighted by Crippen LogP contribution is 2.16. The summed E-state index contributed by atoms with van der Waals surface area (Å²) >= 11 is 0. The molecule has 0 bridgehead atoms. The average molecular weight is 247 g/mol. The molecule has 0 fully saturated rings. The van der Waals surface area contributed by atoms with Crippen molar-refractivity contribution in [1.29, 1.82) is 0 Å². The highest BCUT2D eigenvalue weighted by atomic mass is 16.5. The zero-order valence-corrected chi connectivity index (χ0v) is 11.4. The predicted octanol–water partition coefficient (Wildman–Crippen LogP) is 1.27. The fourth-order valence-corrected chi connectivity index (χ4v) is 1.92. The van der Waals surface area contributed by atoms with Gasteiger partial charge in [-0.2, -0.15) is 0 Å². The summed E-state index contributed by atoms with van der Waals surface area (Å²) in [5.74, 6) is -0.853. The molecule has 0 aromatic rings. The van der Waals surface area contributed by atoms with Crippen LogP contribution in [0.3, 0.4) is 0 Å². The molecule has 17 heavy (non-hydrogen) atoms. The van der Waals surface area contributed by atoms with Crippen LogP contribution in [0.1, 0.15) is 34.1 Å². The number of hydrogen-bond acceptors (Lipinski definition) is 4. The molecule has 0 spiro atoms. The maximum absolute atomic E-state index is 11.2. The molecule has 0 radical (unpaired) electrons. The Morgan fingerprint density at radius 1 is 1.41 bits per heavy atom. The van der Waals surface area contributed by atoms with Crippen LogP contribution in [0.2, 0.25) is 0 Å². The van der Waals surface area contributed by atoms with E-state index in [1.807, 2.05) is 20.8 Å². The molecule has 0 rings (SSSR count). The van der Waals surface area contributed by atoms with Gasteiger partial charge in [0.1, 0.15) is 5.54 Å². The fourth-order valence-electron chi connectivity index (χ4n) is 1.92. The lowest BCUT2D eigenvalue weighted by Gasteiger charge is -2.30. The van der Waals surface area contributed by atoms with Crippen molar-refractivity contribution < 1.29 is 19.4 Å². The first-order valence-electron chi connectivity index (χ1n) is 5.98. The van der Waals surface area contributed by atoms with E-state index in [0.717, 1.165) is 0 Å². The molecular formula is C12H25NO4. The van der Waals surface area contributed by atoms with Crippen LogP contribution in [-0.2, 0) is 14.3 Å². The third kappa shape index (κ3) is 6.00. The first-order valence-corrected chi connectivity index (χ1v) is 5.98. The normalized spacial score (nSPS) is 18.4. The molecule has 0 heterocycles. The van der Waals surface area contributed by atoms with E-state index < -0.39 is 11.5 Å². The Bertz CT molecular complexity index is 235. The number of carboxylic acids is 1. The zero-order valence-electron chi connectivity index (χ0n) is 11.4. The van der Waals surface area contributed by atoms with Gasteiger partial charge in [0.25, 0.3) is 0 Å². The smallest absolute Gasteiger partial charge is 0.323 e. The molecule has 102 valence electrons. The van der Waals surface area contributed by atoms with E-state index in [2.05, 4.69) is 5.32 Å². The van der Waals surface area contributed by atoms with Crippen LogP contribution in [0.25, 0.3) is 0 Å². The number of hydrogen-bond donors (Lipinski definition) is 2. The average Bonchev–Trinajstić information content (AvgIpc) is 2.17. The minimum absolute atomic E-state index is 0.0327. The standard InChI is InChI=1S/C12H25NO4/c1-6-13-12(4,11(14)15)7-9(2)17-10(3)8-16-5/h9-10,13H,6-8H2,1-5H3,(H,14,15). The Hall–Kier alpha value is -0.650. The summed E-state index contributed by atoms with van der Waals surface area (Å²) < 4.78 is 10.6. The second-order valence-corrected chi connectivity index (χ2v) is 4.58. The number of nitrogens with one attached hydrogen (secondary N) is 1. The Balaban J connectivity index is 4.31. The van der Waals surface area contributed by atoms with Crippen molar-refractivity contribution in [3.05, 3.63) is 0 Å². The number of carboxylic acid groups (broad SMARTS) is 1. The number of aliphatic carboxylic acids is 1. The van der Waals surface area contributed by atoms with Crippen molar-refractivity contribution in [3.8, 4) is 0 Å². The summed E-state index contributed by atoms with van der Waals surface area (Å²) in [6.07, 6.45) is 0.250. The van der Waals surface area contributed by atoms with Crippen LogP contribution in [0.5, 0.6) is 0 Å². The summed E-state index contributed by atoms with van der Waals surface area (Å²) in [6.45, 7) is 8.48. The molecule has 0 amide bonds. The van der Waals surface area contributed by atoms with Gasteiger partial charge >= 0.3 is 5.97 Å². The highest BCUT2D eigenvalue weighted by molar-refractivity contribution is 5.78. The van der Waals surface area contributed by atoms with E-state index in [0.29, 0.717) is 19.6 Å². The number of methoxy groups -OCH3 is 1. The van der Waals surface area contributed by atoms with Crippen LogP contribution in [0.15, 0.2) is 0 Å². The first kappa shape index (κ1) is 16.4. The molecule has 0 aliphatic heterocycles. The first-order chi connectivity index (χ1) is 7.85. The van der Waals surface area contributed by atoms with E-state index >= 15 is 0 Å². The van der Waals surface area contributed by atoms with E-state index in [9.17, 15) is 9.90 Å². The van der Waals surface area contributed by atoms with Gasteiger partial charge in [0.05, 0.1) is 18.8 Å². The van der Waals surface area contributed by atoms with Crippen LogP contribution in [0, 0.1) is 0 Å². The summed E-state index contributed by atoms with van der Waals surface area (Å²) in [6, 6.07) is 0. The molecule has 5 heteroatoms. The fraction of sp³-hybridized carbons (Fsp3) is 0.917. The van der Waals surface area contributed by atoms with Gasteiger partial charge in [-0.3, -0.25) is 4.79 Å². The molecule has 3 atom stereocenters. The summed E-state index contributed by atoms with van der Waals surface area (Å²) in [5.41, 5.74) is -0.943. The maximum atomic E-state index is 11.2. The second kappa shape index (κ2) is 7.63. The largest absolute Gasteiger partial charge is 0.480 e. The van der Waals surface area contributed by atoms with E-state index in [4.69, 9.17) is 9.47 Å². The topological polar surface area (TPSA) is 67.8 Å². The molecular weight excluding hydrogens is 222 g/mol. The van der Waals surface area contributed by atoms with E-state index in [1.165, 1.54) is 0 Å². The van der Waals surface area contributed by atoms with Gasteiger partial charge in [0.2, 0.25) is 0 Å². The minimum Gasteiger partial charge on any atom is -0.480 e. The van der Waals surface area contributed by atoms with Gasteiger partial charge in [0, 0.05) is 13.5 Å². The third-order valence-corrected chi connectivity index (χ3v) is 2.60. The number of carbonyl (C=O) groups is 1. The Kier molecular flexibility index (Phi) is 7.34.